The van der Waals surface area contributed by atoms with Gasteiger partial charge in [-0.15, -0.1) is 0 Å². The number of rotatable bonds is 4. The van der Waals surface area contributed by atoms with E-state index in [1.54, 1.807) is 0 Å². The minimum Gasteiger partial charge on any atom is -0.368 e. The van der Waals surface area contributed by atoms with Gasteiger partial charge in [0.1, 0.15) is 17.2 Å². The fraction of sp³-hybridized carbons (Fsp3) is 0.478. The lowest BCUT2D eigenvalue weighted by Gasteiger charge is -2.37. The molecule has 0 spiro atoms. The third-order valence-electron chi connectivity index (χ3n) is 6.86. The predicted octanol–water partition coefficient (Wildman–Crippen LogP) is 2.94. The average molecular weight is 471 g/mol. The Morgan fingerprint density at radius 1 is 1.09 bits per heavy atom. The van der Waals surface area contributed by atoms with Gasteiger partial charge in [0, 0.05) is 44.2 Å². The summed E-state index contributed by atoms with van der Waals surface area (Å²) < 4.78 is 29.6. The van der Waals surface area contributed by atoms with Crippen LogP contribution in [0.4, 0.5) is 26.4 Å². The van der Waals surface area contributed by atoms with Crippen LogP contribution >= 0.6 is 0 Å². The van der Waals surface area contributed by atoms with Gasteiger partial charge in [0.15, 0.2) is 5.65 Å². The topological polar surface area (TPSA) is 105 Å². The fourth-order valence-corrected chi connectivity index (χ4v) is 4.92. The summed E-state index contributed by atoms with van der Waals surface area (Å²) in [6.07, 6.45) is 4.53. The van der Waals surface area contributed by atoms with Gasteiger partial charge in [-0.2, -0.15) is 4.98 Å². The maximum Gasteiger partial charge on any atom is 0.225 e. The number of benzene rings is 1. The molecule has 1 saturated carbocycles. The summed E-state index contributed by atoms with van der Waals surface area (Å²) in [5, 5.41) is 2.99. The molecule has 11 heteroatoms. The van der Waals surface area contributed by atoms with Gasteiger partial charge in [0.25, 0.3) is 0 Å². The Morgan fingerprint density at radius 2 is 1.82 bits per heavy atom. The number of imidazole rings is 1. The Labute approximate surface area is 196 Å². The molecular formula is C23H28F2N8O. The third-order valence-corrected chi connectivity index (χ3v) is 6.86. The number of likely N-dealkylation sites (N-methyl/N-ethyl adjacent to an activating group) is 1. The molecule has 2 fully saturated rings. The van der Waals surface area contributed by atoms with E-state index in [4.69, 9.17) is 5.73 Å². The number of nitrogens with one attached hydrogen (secondary N) is 1. The Balaban J connectivity index is 1.38. The molecule has 2 aromatic heterocycles. The zero-order chi connectivity index (χ0) is 23.8. The number of nitrogen functional groups attached to an aromatic ring is 1. The molecule has 3 N–H and O–H groups in total. The summed E-state index contributed by atoms with van der Waals surface area (Å²) in [5.74, 6) is -0.633. The van der Waals surface area contributed by atoms with Crippen LogP contribution in [0.25, 0.3) is 11.2 Å². The first-order valence-corrected chi connectivity index (χ1v) is 11.6. The molecule has 3 aromatic rings. The van der Waals surface area contributed by atoms with Crippen molar-refractivity contribution in [3.05, 3.63) is 36.0 Å². The molecule has 0 atom stereocenters. The summed E-state index contributed by atoms with van der Waals surface area (Å²) in [6.45, 7) is 3.35. The van der Waals surface area contributed by atoms with Gasteiger partial charge in [-0.1, -0.05) is 0 Å². The zero-order valence-corrected chi connectivity index (χ0v) is 19.0. The molecule has 2 aliphatic rings. The van der Waals surface area contributed by atoms with E-state index in [1.165, 1.54) is 18.3 Å². The van der Waals surface area contributed by atoms with E-state index >= 15 is 0 Å². The minimum absolute atomic E-state index is 0.0000826. The molecule has 3 heterocycles. The number of anilines is 3. The molecule has 1 aliphatic heterocycles. The number of nitrogens with two attached hydrogens (primary N) is 1. The van der Waals surface area contributed by atoms with Crippen LogP contribution in [0.3, 0.4) is 0 Å². The van der Waals surface area contributed by atoms with Gasteiger partial charge in [0.05, 0.1) is 11.9 Å². The Bertz CT molecular complexity index is 1200. The average Bonchev–Trinajstić information content (AvgIpc) is 3.18. The van der Waals surface area contributed by atoms with E-state index in [0.29, 0.717) is 17.1 Å². The SMILES string of the molecule is CN1CCN(C(=O)C2CCC(n3c(Nc4ccc(F)cc4F)nc4cnc(N)nc43)CC2)CC1. The van der Waals surface area contributed by atoms with Crippen LogP contribution < -0.4 is 11.1 Å². The second-order valence-corrected chi connectivity index (χ2v) is 9.13. The van der Waals surface area contributed by atoms with Crippen molar-refractivity contribution in [3.63, 3.8) is 0 Å². The quantitative estimate of drug-likeness (QED) is 0.604. The van der Waals surface area contributed by atoms with Crippen molar-refractivity contribution in [2.75, 3.05) is 44.3 Å². The van der Waals surface area contributed by atoms with Gasteiger partial charge < -0.3 is 20.9 Å². The Hall–Kier alpha value is -3.34. The van der Waals surface area contributed by atoms with E-state index in [1.807, 2.05) is 9.47 Å². The van der Waals surface area contributed by atoms with Gasteiger partial charge in [-0.25, -0.2) is 18.7 Å². The zero-order valence-electron chi connectivity index (χ0n) is 19.0. The highest BCUT2D eigenvalue weighted by Gasteiger charge is 2.33. The van der Waals surface area contributed by atoms with E-state index in [9.17, 15) is 13.6 Å². The third kappa shape index (κ3) is 4.39. The van der Waals surface area contributed by atoms with Crippen molar-refractivity contribution >= 4 is 34.7 Å². The Morgan fingerprint density at radius 3 is 2.53 bits per heavy atom. The first-order chi connectivity index (χ1) is 16.4. The summed E-state index contributed by atoms with van der Waals surface area (Å²) >= 11 is 0. The van der Waals surface area contributed by atoms with E-state index in [2.05, 4.69) is 32.2 Å². The highest BCUT2D eigenvalue weighted by atomic mass is 19.1. The van der Waals surface area contributed by atoms with Gasteiger partial charge in [-0.05, 0) is 44.9 Å². The number of aromatic nitrogens is 4. The summed E-state index contributed by atoms with van der Waals surface area (Å²) in [7, 11) is 2.07. The largest absolute Gasteiger partial charge is 0.368 e. The molecule has 0 unspecified atom stereocenters. The summed E-state index contributed by atoms with van der Waals surface area (Å²) in [4.78, 5) is 30.2. The standard InChI is InChI=1S/C23H28F2N8O/c1-31-8-10-32(11-9-31)21(34)14-2-5-16(6-3-14)33-20-19(13-27-22(26)30-20)29-23(33)28-18-7-4-15(24)12-17(18)25/h4,7,12-14,16H,2-3,5-6,8-11H2,1H3,(H,28,29)(H2,26,27,30). The maximum atomic E-state index is 14.3. The highest BCUT2D eigenvalue weighted by Crippen LogP contribution is 2.38. The number of hydrogen-bond donors (Lipinski definition) is 2. The number of carbonyl (C=O) groups is 1. The van der Waals surface area contributed by atoms with Crippen LogP contribution in [0.2, 0.25) is 0 Å². The van der Waals surface area contributed by atoms with Crippen molar-refractivity contribution in [2.24, 2.45) is 5.92 Å². The van der Waals surface area contributed by atoms with Crippen molar-refractivity contribution in [1.29, 1.82) is 0 Å². The molecule has 34 heavy (non-hydrogen) atoms. The minimum atomic E-state index is -0.717. The molecule has 1 amide bonds. The fourth-order valence-electron chi connectivity index (χ4n) is 4.92. The number of halogens is 2. The first kappa shape index (κ1) is 22.5. The van der Waals surface area contributed by atoms with Crippen LogP contribution in [-0.4, -0.2) is 68.5 Å². The lowest BCUT2D eigenvalue weighted by Crippen LogP contribution is -2.49. The van der Waals surface area contributed by atoms with Gasteiger partial charge in [-0.3, -0.25) is 9.36 Å². The first-order valence-electron chi connectivity index (χ1n) is 11.6. The van der Waals surface area contributed by atoms with Crippen molar-refractivity contribution in [2.45, 2.75) is 31.7 Å². The lowest BCUT2D eigenvalue weighted by molar-refractivity contribution is -0.138. The van der Waals surface area contributed by atoms with Crippen molar-refractivity contribution in [3.8, 4) is 0 Å². The summed E-state index contributed by atoms with van der Waals surface area (Å²) in [5.41, 5.74) is 7.02. The molecule has 180 valence electrons. The highest BCUT2D eigenvalue weighted by molar-refractivity contribution is 5.79. The Kier molecular flexibility index (Phi) is 6.03. The van der Waals surface area contributed by atoms with E-state index in [0.717, 1.165) is 57.9 Å². The van der Waals surface area contributed by atoms with Crippen LogP contribution in [0.5, 0.6) is 0 Å². The van der Waals surface area contributed by atoms with E-state index in [-0.39, 0.29) is 29.5 Å². The maximum absolute atomic E-state index is 14.3. The number of amides is 1. The summed E-state index contributed by atoms with van der Waals surface area (Å²) in [6, 6.07) is 3.34. The number of piperazine rings is 1. The molecular weight excluding hydrogens is 442 g/mol. The molecule has 5 rings (SSSR count). The smallest absolute Gasteiger partial charge is 0.225 e. The van der Waals surface area contributed by atoms with E-state index < -0.39 is 11.6 Å². The molecule has 0 bridgehead atoms. The van der Waals surface area contributed by atoms with Crippen molar-refractivity contribution in [1.82, 2.24) is 29.3 Å². The van der Waals surface area contributed by atoms with Gasteiger partial charge in [0.2, 0.25) is 17.8 Å². The van der Waals surface area contributed by atoms with Crippen molar-refractivity contribution < 1.29 is 13.6 Å². The molecule has 1 aliphatic carbocycles. The number of fused-ring (bicyclic) bond motifs is 1. The molecule has 0 radical (unpaired) electrons. The predicted molar refractivity (Wildman–Crippen MR) is 124 cm³/mol. The second kappa shape index (κ2) is 9.13. The lowest BCUT2D eigenvalue weighted by atomic mass is 9.85. The molecule has 9 nitrogen and oxygen atoms in total. The molecule has 1 aromatic carbocycles. The van der Waals surface area contributed by atoms with Gasteiger partial charge >= 0.3 is 0 Å². The second-order valence-electron chi connectivity index (χ2n) is 9.13. The number of carbonyl (C=O) groups excluding carboxylic acids is 1. The van der Waals surface area contributed by atoms with Crippen LogP contribution in [0.15, 0.2) is 24.4 Å². The number of hydrogen-bond acceptors (Lipinski definition) is 7. The van der Waals surface area contributed by atoms with Crippen LogP contribution in [0, 0.1) is 17.6 Å². The van der Waals surface area contributed by atoms with Crippen LogP contribution in [0.1, 0.15) is 31.7 Å². The number of nitrogens with zero attached hydrogens (tertiary/aromatic N) is 6. The monoisotopic (exact) mass is 470 g/mol. The van der Waals surface area contributed by atoms with Crippen LogP contribution in [-0.2, 0) is 4.79 Å². The molecule has 1 saturated heterocycles. The normalized spacial score (nSPS) is 21.7.